The zero-order valence-corrected chi connectivity index (χ0v) is 10.5. The number of anilines is 2. The lowest BCUT2D eigenvalue weighted by Gasteiger charge is -2.15. The second-order valence-corrected chi connectivity index (χ2v) is 5.68. The summed E-state index contributed by atoms with van der Waals surface area (Å²) in [6, 6.07) is 0. The molecule has 0 radical (unpaired) electrons. The molecular formula is C10H17N5S. The van der Waals surface area contributed by atoms with Crippen LogP contribution in [0, 0.1) is 0 Å². The fraction of sp³-hybridized carbons (Fsp3) is 0.700. The Morgan fingerprint density at radius 2 is 1.88 bits per heavy atom. The molecule has 1 aliphatic rings. The van der Waals surface area contributed by atoms with Crippen molar-refractivity contribution in [1.29, 1.82) is 0 Å². The summed E-state index contributed by atoms with van der Waals surface area (Å²) in [5.41, 5.74) is 5.70. The van der Waals surface area contributed by atoms with Crippen LogP contribution in [0.5, 0.6) is 0 Å². The molecule has 1 aromatic heterocycles. The maximum Gasteiger partial charge on any atom is 0.231 e. The van der Waals surface area contributed by atoms with Crippen LogP contribution in [0.1, 0.15) is 26.7 Å². The van der Waals surface area contributed by atoms with E-state index in [0.717, 1.165) is 24.2 Å². The Balaban J connectivity index is 2.20. The van der Waals surface area contributed by atoms with Gasteiger partial charge in [-0.05, 0) is 12.8 Å². The van der Waals surface area contributed by atoms with Crippen molar-refractivity contribution in [1.82, 2.24) is 15.0 Å². The van der Waals surface area contributed by atoms with Crippen LogP contribution in [0.3, 0.4) is 0 Å². The summed E-state index contributed by atoms with van der Waals surface area (Å²) >= 11 is 1.62. The molecule has 0 amide bonds. The molecule has 0 aromatic carbocycles. The highest BCUT2D eigenvalue weighted by Crippen LogP contribution is 2.23. The van der Waals surface area contributed by atoms with E-state index in [2.05, 4.69) is 33.7 Å². The summed E-state index contributed by atoms with van der Waals surface area (Å²) < 4.78 is 0. The van der Waals surface area contributed by atoms with Crippen molar-refractivity contribution in [2.24, 2.45) is 0 Å². The van der Waals surface area contributed by atoms with Gasteiger partial charge in [0.1, 0.15) is 0 Å². The quantitative estimate of drug-likeness (QED) is 0.807. The molecule has 0 aliphatic carbocycles. The molecule has 2 rings (SSSR count). The minimum Gasteiger partial charge on any atom is -0.368 e. The zero-order valence-electron chi connectivity index (χ0n) is 9.68. The van der Waals surface area contributed by atoms with Crippen molar-refractivity contribution in [3.05, 3.63) is 0 Å². The van der Waals surface area contributed by atoms with Crippen LogP contribution in [0.4, 0.5) is 11.9 Å². The van der Waals surface area contributed by atoms with Crippen molar-refractivity contribution in [2.45, 2.75) is 37.1 Å². The summed E-state index contributed by atoms with van der Waals surface area (Å²) in [6.07, 6.45) is 2.41. The van der Waals surface area contributed by atoms with E-state index in [-0.39, 0.29) is 0 Å². The Morgan fingerprint density at radius 3 is 2.50 bits per heavy atom. The molecule has 0 unspecified atom stereocenters. The monoisotopic (exact) mass is 239 g/mol. The molecular weight excluding hydrogens is 222 g/mol. The molecule has 1 aliphatic heterocycles. The number of nitrogens with two attached hydrogens (primary N) is 1. The van der Waals surface area contributed by atoms with Crippen LogP contribution in [0.15, 0.2) is 5.16 Å². The van der Waals surface area contributed by atoms with E-state index in [1.807, 2.05) is 0 Å². The smallest absolute Gasteiger partial charge is 0.231 e. The van der Waals surface area contributed by atoms with Crippen molar-refractivity contribution in [2.75, 3.05) is 23.7 Å². The van der Waals surface area contributed by atoms with Crippen molar-refractivity contribution in [3.63, 3.8) is 0 Å². The molecule has 0 bridgehead atoms. The number of nitrogens with zero attached hydrogens (tertiary/aromatic N) is 4. The predicted molar refractivity (Wildman–Crippen MR) is 66.7 cm³/mol. The van der Waals surface area contributed by atoms with Gasteiger partial charge in [-0.3, -0.25) is 0 Å². The maximum absolute atomic E-state index is 5.70. The van der Waals surface area contributed by atoms with Crippen LogP contribution < -0.4 is 10.6 Å². The van der Waals surface area contributed by atoms with Crippen LogP contribution in [0.25, 0.3) is 0 Å². The molecule has 2 heterocycles. The van der Waals surface area contributed by atoms with Gasteiger partial charge < -0.3 is 10.6 Å². The van der Waals surface area contributed by atoms with Gasteiger partial charge in [-0.15, -0.1) is 0 Å². The molecule has 0 saturated carbocycles. The number of nitrogen functional groups attached to an aromatic ring is 1. The first-order valence-electron chi connectivity index (χ1n) is 5.58. The highest BCUT2D eigenvalue weighted by Gasteiger charge is 2.17. The van der Waals surface area contributed by atoms with E-state index in [0.29, 0.717) is 11.2 Å². The lowest BCUT2D eigenvalue weighted by molar-refractivity contribution is 0.831. The topological polar surface area (TPSA) is 67.9 Å². The third-order valence-electron chi connectivity index (χ3n) is 2.35. The number of thioether (sulfide) groups is 1. The molecule has 0 atom stereocenters. The maximum atomic E-state index is 5.70. The summed E-state index contributed by atoms with van der Waals surface area (Å²) in [6.45, 7) is 6.27. The molecule has 5 nitrogen and oxygen atoms in total. The Labute approximate surface area is 99.9 Å². The molecule has 1 fully saturated rings. The van der Waals surface area contributed by atoms with E-state index in [1.165, 1.54) is 12.8 Å². The van der Waals surface area contributed by atoms with Crippen LogP contribution in [-0.2, 0) is 0 Å². The molecule has 2 N–H and O–H groups in total. The largest absolute Gasteiger partial charge is 0.368 e. The van der Waals surface area contributed by atoms with Crippen LogP contribution in [0.2, 0.25) is 0 Å². The standard InChI is InChI=1S/C10H17N5S/c1-7(2)16-10-13-8(11)12-9(14-10)15-5-3-4-6-15/h7H,3-6H2,1-2H3,(H2,11,12,13,14). The minimum absolute atomic E-state index is 0.319. The van der Waals surface area contributed by atoms with E-state index in [1.54, 1.807) is 11.8 Å². The van der Waals surface area contributed by atoms with Crippen molar-refractivity contribution >= 4 is 23.7 Å². The van der Waals surface area contributed by atoms with Gasteiger partial charge in [0, 0.05) is 18.3 Å². The fourth-order valence-electron chi connectivity index (χ4n) is 1.68. The Kier molecular flexibility index (Phi) is 3.48. The van der Waals surface area contributed by atoms with Gasteiger partial charge in [-0.25, -0.2) is 0 Å². The first-order chi connectivity index (χ1) is 7.65. The molecule has 0 spiro atoms. The zero-order chi connectivity index (χ0) is 11.5. The third kappa shape index (κ3) is 2.75. The Hall–Kier alpha value is -1.04. The lowest BCUT2D eigenvalue weighted by atomic mass is 10.4. The van der Waals surface area contributed by atoms with Crippen LogP contribution >= 0.6 is 11.8 Å². The molecule has 6 heteroatoms. The summed E-state index contributed by atoms with van der Waals surface area (Å²) in [7, 11) is 0. The summed E-state index contributed by atoms with van der Waals surface area (Å²) in [5.74, 6) is 1.05. The van der Waals surface area contributed by atoms with E-state index >= 15 is 0 Å². The van der Waals surface area contributed by atoms with Gasteiger partial charge in [-0.2, -0.15) is 15.0 Å². The molecule has 1 aromatic rings. The normalized spacial score (nSPS) is 16.1. The number of rotatable bonds is 3. The second-order valence-electron chi connectivity index (χ2n) is 4.14. The SMILES string of the molecule is CC(C)Sc1nc(N)nc(N2CCCC2)n1. The number of hydrogen-bond donors (Lipinski definition) is 1. The van der Waals surface area contributed by atoms with Gasteiger partial charge in [0.15, 0.2) is 5.16 Å². The van der Waals surface area contributed by atoms with Gasteiger partial charge in [0.2, 0.25) is 11.9 Å². The number of hydrogen-bond acceptors (Lipinski definition) is 6. The van der Waals surface area contributed by atoms with Gasteiger partial charge in [0.25, 0.3) is 0 Å². The molecule has 16 heavy (non-hydrogen) atoms. The van der Waals surface area contributed by atoms with E-state index in [4.69, 9.17) is 5.73 Å². The van der Waals surface area contributed by atoms with Gasteiger partial charge in [-0.1, -0.05) is 25.6 Å². The van der Waals surface area contributed by atoms with Crippen molar-refractivity contribution in [3.8, 4) is 0 Å². The highest BCUT2D eigenvalue weighted by atomic mass is 32.2. The van der Waals surface area contributed by atoms with E-state index < -0.39 is 0 Å². The molecule has 1 saturated heterocycles. The minimum atomic E-state index is 0.319. The van der Waals surface area contributed by atoms with Gasteiger partial charge in [0.05, 0.1) is 0 Å². The number of aromatic nitrogens is 3. The summed E-state index contributed by atoms with van der Waals surface area (Å²) in [5, 5.41) is 1.18. The van der Waals surface area contributed by atoms with E-state index in [9.17, 15) is 0 Å². The average molecular weight is 239 g/mol. The first-order valence-corrected chi connectivity index (χ1v) is 6.46. The second kappa shape index (κ2) is 4.86. The fourth-order valence-corrected chi connectivity index (χ4v) is 2.39. The van der Waals surface area contributed by atoms with Gasteiger partial charge >= 0.3 is 0 Å². The summed E-state index contributed by atoms with van der Waals surface area (Å²) in [4.78, 5) is 14.9. The Morgan fingerprint density at radius 1 is 1.19 bits per heavy atom. The highest BCUT2D eigenvalue weighted by molar-refractivity contribution is 7.99. The first kappa shape index (κ1) is 11.4. The van der Waals surface area contributed by atoms with Crippen molar-refractivity contribution < 1.29 is 0 Å². The predicted octanol–water partition coefficient (Wildman–Crippen LogP) is 1.55. The lowest BCUT2D eigenvalue weighted by Crippen LogP contribution is -2.21. The molecule has 88 valence electrons. The third-order valence-corrected chi connectivity index (χ3v) is 3.22. The Bertz CT molecular complexity index is 362. The average Bonchev–Trinajstić information content (AvgIpc) is 2.67. The van der Waals surface area contributed by atoms with Crippen LogP contribution in [-0.4, -0.2) is 33.3 Å².